The number of halogens is 1. The highest BCUT2D eigenvalue weighted by atomic mass is 35.5. The van der Waals surface area contributed by atoms with Crippen molar-refractivity contribution in [1.29, 1.82) is 0 Å². The molecule has 1 unspecified atom stereocenters. The van der Waals surface area contributed by atoms with Gasteiger partial charge in [0.05, 0.1) is 4.92 Å². The van der Waals surface area contributed by atoms with Crippen LogP contribution in [0.2, 0.25) is 5.02 Å². The van der Waals surface area contributed by atoms with Gasteiger partial charge in [0.15, 0.2) is 0 Å². The molecule has 0 aromatic heterocycles. The molecule has 0 bridgehead atoms. The van der Waals surface area contributed by atoms with Crippen LogP contribution in [-0.4, -0.2) is 34.4 Å². The van der Waals surface area contributed by atoms with E-state index in [0.29, 0.717) is 17.6 Å². The second-order valence-corrected chi connectivity index (χ2v) is 6.02. The first-order valence-electron chi connectivity index (χ1n) is 5.78. The monoisotopic (exact) mass is 286 g/mol. The summed E-state index contributed by atoms with van der Waals surface area (Å²) < 4.78 is 0. The van der Waals surface area contributed by atoms with Crippen molar-refractivity contribution in [3.8, 4) is 0 Å². The lowest BCUT2D eigenvalue weighted by Crippen LogP contribution is -2.30. The largest absolute Gasteiger partial charge is 0.298 e. The third-order valence-corrected chi connectivity index (χ3v) is 4.70. The van der Waals surface area contributed by atoms with E-state index in [1.165, 1.54) is 18.2 Å². The average Bonchev–Trinajstić information content (AvgIpc) is 2.85. The van der Waals surface area contributed by atoms with Crippen molar-refractivity contribution in [3.05, 3.63) is 38.9 Å². The second-order valence-electron chi connectivity index (χ2n) is 4.47. The molecule has 0 spiro atoms. The third kappa shape index (κ3) is 3.16. The Labute approximate surface area is 115 Å². The highest BCUT2D eigenvalue weighted by Crippen LogP contribution is 2.26. The number of hydrogen-bond donors (Lipinski definition) is 0. The number of nitro benzene ring substituents is 1. The zero-order chi connectivity index (χ0) is 13.1. The third-order valence-electron chi connectivity index (χ3n) is 3.19. The molecule has 0 N–H and O–H groups in total. The first kappa shape index (κ1) is 13.6. The van der Waals surface area contributed by atoms with Crippen molar-refractivity contribution in [2.24, 2.45) is 0 Å². The van der Waals surface area contributed by atoms with E-state index in [9.17, 15) is 10.1 Å². The maximum atomic E-state index is 10.8. The van der Waals surface area contributed by atoms with Gasteiger partial charge in [0.1, 0.15) is 0 Å². The molecular weight excluding hydrogens is 272 g/mol. The molecule has 1 heterocycles. The van der Waals surface area contributed by atoms with E-state index in [1.54, 1.807) is 12.1 Å². The fraction of sp³-hybridized carbons (Fsp3) is 0.500. The summed E-state index contributed by atoms with van der Waals surface area (Å²) in [4.78, 5) is 12.6. The van der Waals surface area contributed by atoms with Gasteiger partial charge in [-0.05, 0) is 30.9 Å². The van der Waals surface area contributed by atoms with Gasteiger partial charge in [0, 0.05) is 35.5 Å². The number of nitro groups is 1. The minimum atomic E-state index is -0.384. The maximum Gasteiger partial charge on any atom is 0.269 e. The molecule has 1 aliphatic heterocycles. The SMILES string of the molecule is CN(Cc1cc([N+](=O)[O-])ccc1Cl)C1CCSC1. The minimum Gasteiger partial charge on any atom is -0.298 e. The molecule has 1 fully saturated rings. The fourth-order valence-corrected chi connectivity index (χ4v) is 3.54. The molecule has 1 saturated heterocycles. The number of rotatable bonds is 4. The van der Waals surface area contributed by atoms with E-state index in [-0.39, 0.29) is 10.6 Å². The van der Waals surface area contributed by atoms with Gasteiger partial charge in [-0.1, -0.05) is 11.6 Å². The lowest BCUT2D eigenvalue weighted by molar-refractivity contribution is -0.384. The molecule has 1 aromatic rings. The summed E-state index contributed by atoms with van der Waals surface area (Å²) in [6, 6.07) is 5.16. The van der Waals surface area contributed by atoms with Gasteiger partial charge in [-0.3, -0.25) is 15.0 Å². The van der Waals surface area contributed by atoms with Crippen LogP contribution < -0.4 is 0 Å². The Morgan fingerprint density at radius 2 is 2.39 bits per heavy atom. The van der Waals surface area contributed by atoms with Gasteiger partial charge in [0.25, 0.3) is 5.69 Å². The van der Waals surface area contributed by atoms with Crippen LogP contribution in [0.3, 0.4) is 0 Å². The predicted octanol–water partition coefficient (Wildman–Crippen LogP) is 3.19. The summed E-state index contributed by atoms with van der Waals surface area (Å²) in [7, 11) is 2.05. The maximum absolute atomic E-state index is 10.8. The number of thioether (sulfide) groups is 1. The van der Waals surface area contributed by atoms with Gasteiger partial charge in [0.2, 0.25) is 0 Å². The molecule has 2 rings (SSSR count). The fourth-order valence-electron chi connectivity index (χ4n) is 2.06. The molecule has 0 amide bonds. The van der Waals surface area contributed by atoms with Crippen molar-refractivity contribution in [2.45, 2.75) is 19.0 Å². The number of nitrogens with zero attached hydrogens (tertiary/aromatic N) is 2. The van der Waals surface area contributed by atoms with Crippen LogP contribution in [0.4, 0.5) is 5.69 Å². The number of non-ortho nitro benzene ring substituents is 1. The molecular formula is C12H15ClN2O2S. The van der Waals surface area contributed by atoms with Gasteiger partial charge in [-0.25, -0.2) is 0 Å². The lowest BCUT2D eigenvalue weighted by Gasteiger charge is -2.23. The van der Waals surface area contributed by atoms with Crippen LogP contribution in [0.1, 0.15) is 12.0 Å². The molecule has 98 valence electrons. The zero-order valence-corrected chi connectivity index (χ0v) is 11.7. The quantitative estimate of drug-likeness (QED) is 0.630. The van der Waals surface area contributed by atoms with Crippen LogP contribution >= 0.6 is 23.4 Å². The van der Waals surface area contributed by atoms with E-state index >= 15 is 0 Å². The van der Waals surface area contributed by atoms with E-state index < -0.39 is 0 Å². The first-order valence-corrected chi connectivity index (χ1v) is 7.32. The van der Waals surface area contributed by atoms with Crippen LogP contribution in [0, 0.1) is 10.1 Å². The van der Waals surface area contributed by atoms with Crippen molar-refractivity contribution in [2.75, 3.05) is 18.6 Å². The zero-order valence-electron chi connectivity index (χ0n) is 10.1. The molecule has 0 radical (unpaired) electrons. The Kier molecular flexibility index (Phi) is 4.48. The first-order chi connectivity index (χ1) is 8.58. The van der Waals surface area contributed by atoms with Gasteiger partial charge in [-0.15, -0.1) is 0 Å². The molecule has 0 aliphatic carbocycles. The smallest absolute Gasteiger partial charge is 0.269 e. The van der Waals surface area contributed by atoms with Crippen LogP contribution in [0.5, 0.6) is 0 Å². The molecule has 4 nitrogen and oxygen atoms in total. The van der Waals surface area contributed by atoms with Crippen LogP contribution in [0.25, 0.3) is 0 Å². The molecule has 18 heavy (non-hydrogen) atoms. The number of benzene rings is 1. The lowest BCUT2D eigenvalue weighted by atomic mass is 10.1. The van der Waals surface area contributed by atoms with E-state index in [4.69, 9.17) is 11.6 Å². The molecule has 1 aliphatic rings. The van der Waals surface area contributed by atoms with E-state index in [2.05, 4.69) is 4.90 Å². The van der Waals surface area contributed by atoms with Gasteiger partial charge < -0.3 is 0 Å². The second kappa shape index (κ2) is 5.91. The van der Waals surface area contributed by atoms with Crippen LogP contribution in [0.15, 0.2) is 18.2 Å². The summed E-state index contributed by atoms with van der Waals surface area (Å²) in [5.74, 6) is 2.32. The van der Waals surface area contributed by atoms with Crippen molar-refractivity contribution < 1.29 is 4.92 Å². The molecule has 0 saturated carbocycles. The van der Waals surface area contributed by atoms with E-state index in [0.717, 1.165) is 11.3 Å². The molecule has 6 heteroatoms. The Hall–Kier alpha value is -0.780. The standard InChI is InChI=1S/C12H15ClN2O2S/c1-14(11-4-5-18-8-11)7-9-6-10(15(16)17)2-3-12(9)13/h2-3,6,11H,4-5,7-8H2,1H3. The van der Waals surface area contributed by atoms with E-state index in [1.807, 2.05) is 18.8 Å². The van der Waals surface area contributed by atoms with Gasteiger partial charge in [-0.2, -0.15) is 11.8 Å². The Balaban J connectivity index is 2.12. The summed E-state index contributed by atoms with van der Waals surface area (Å²) in [5.41, 5.74) is 0.925. The average molecular weight is 287 g/mol. The summed E-state index contributed by atoms with van der Waals surface area (Å²) in [5, 5.41) is 11.3. The molecule has 1 atom stereocenters. The highest BCUT2D eigenvalue weighted by Gasteiger charge is 2.21. The Morgan fingerprint density at radius 3 is 3.00 bits per heavy atom. The topological polar surface area (TPSA) is 46.4 Å². The van der Waals surface area contributed by atoms with Crippen molar-refractivity contribution in [1.82, 2.24) is 4.90 Å². The molecule has 1 aromatic carbocycles. The summed E-state index contributed by atoms with van der Waals surface area (Å²) in [6.07, 6.45) is 1.17. The van der Waals surface area contributed by atoms with Gasteiger partial charge >= 0.3 is 0 Å². The summed E-state index contributed by atoms with van der Waals surface area (Å²) in [6.45, 7) is 0.658. The predicted molar refractivity (Wildman–Crippen MR) is 75.3 cm³/mol. The Bertz CT molecular complexity index is 450. The normalized spacial score (nSPS) is 19.4. The number of hydrogen-bond acceptors (Lipinski definition) is 4. The van der Waals surface area contributed by atoms with Crippen LogP contribution in [-0.2, 0) is 6.54 Å². The minimum absolute atomic E-state index is 0.101. The Morgan fingerprint density at radius 1 is 1.61 bits per heavy atom. The highest BCUT2D eigenvalue weighted by molar-refractivity contribution is 7.99. The van der Waals surface area contributed by atoms with Crippen molar-refractivity contribution in [3.63, 3.8) is 0 Å². The van der Waals surface area contributed by atoms with Crippen molar-refractivity contribution >= 4 is 29.1 Å². The summed E-state index contributed by atoms with van der Waals surface area (Å²) >= 11 is 8.05.